The van der Waals surface area contributed by atoms with E-state index in [-0.39, 0.29) is 11.8 Å². The lowest BCUT2D eigenvalue weighted by Crippen LogP contribution is -2.18. The molecule has 26 heavy (non-hydrogen) atoms. The third kappa shape index (κ3) is 4.10. The van der Waals surface area contributed by atoms with Crippen LogP contribution in [0.1, 0.15) is 32.4 Å². The van der Waals surface area contributed by atoms with Gasteiger partial charge >= 0.3 is 0 Å². The van der Waals surface area contributed by atoms with E-state index in [0.717, 1.165) is 11.4 Å². The fraction of sp³-hybridized carbons (Fsp3) is 0.100. The summed E-state index contributed by atoms with van der Waals surface area (Å²) in [5.41, 5.74) is 3.11. The molecule has 0 bridgehead atoms. The van der Waals surface area contributed by atoms with E-state index in [9.17, 15) is 9.59 Å². The molecule has 1 aromatic carbocycles. The van der Waals surface area contributed by atoms with Crippen LogP contribution in [0, 0.1) is 13.8 Å². The zero-order chi connectivity index (χ0) is 18.5. The van der Waals surface area contributed by atoms with E-state index in [0.29, 0.717) is 22.8 Å². The van der Waals surface area contributed by atoms with Crippen molar-refractivity contribution >= 4 is 23.2 Å². The van der Waals surface area contributed by atoms with Crippen LogP contribution >= 0.6 is 0 Å². The Balaban J connectivity index is 1.80. The first kappa shape index (κ1) is 17.3. The van der Waals surface area contributed by atoms with Crippen molar-refractivity contribution in [1.82, 2.24) is 9.97 Å². The minimum atomic E-state index is -0.343. The number of rotatable bonds is 4. The molecule has 6 heteroatoms. The standard InChI is InChI=1S/C20H18N4O2/c1-13-7-5-11-17(21-13)19(25)23-15-9-3-4-10-16(15)24-20(26)18-12-6-8-14(2)22-18/h3-12H,1-2H3,(H,23,25)(H,24,26). The highest BCUT2D eigenvalue weighted by atomic mass is 16.2. The Morgan fingerprint density at radius 1 is 0.654 bits per heavy atom. The molecule has 2 N–H and O–H groups in total. The van der Waals surface area contributed by atoms with E-state index in [2.05, 4.69) is 20.6 Å². The number of amides is 2. The number of nitrogens with one attached hydrogen (secondary N) is 2. The van der Waals surface area contributed by atoms with Gasteiger partial charge in [-0.05, 0) is 50.2 Å². The van der Waals surface area contributed by atoms with E-state index in [1.54, 1.807) is 48.5 Å². The van der Waals surface area contributed by atoms with Gasteiger partial charge in [-0.1, -0.05) is 24.3 Å². The SMILES string of the molecule is Cc1cccc(C(=O)Nc2ccccc2NC(=O)c2cccc(C)n2)n1. The maximum Gasteiger partial charge on any atom is 0.274 e. The normalized spacial score (nSPS) is 10.2. The van der Waals surface area contributed by atoms with Gasteiger partial charge in [-0.3, -0.25) is 9.59 Å². The minimum absolute atomic E-state index is 0.312. The molecule has 0 spiro atoms. The van der Waals surface area contributed by atoms with Crippen molar-refractivity contribution < 1.29 is 9.59 Å². The first-order valence-electron chi connectivity index (χ1n) is 8.12. The summed E-state index contributed by atoms with van der Waals surface area (Å²) in [6.07, 6.45) is 0. The fourth-order valence-corrected chi connectivity index (χ4v) is 2.41. The lowest BCUT2D eigenvalue weighted by Gasteiger charge is -2.12. The molecule has 130 valence electrons. The summed E-state index contributed by atoms with van der Waals surface area (Å²) >= 11 is 0. The number of para-hydroxylation sites is 2. The number of aryl methyl sites for hydroxylation is 2. The smallest absolute Gasteiger partial charge is 0.274 e. The third-order valence-corrected chi connectivity index (χ3v) is 3.67. The first-order valence-corrected chi connectivity index (χ1v) is 8.12. The van der Waals surface area contributed by atoms with Gasteiger partial charge < -0.3 is 10.6 Å². The predicted molar refractivity (Wildman–Crippen MR) is 100 cm³/mol. The predicted octanol–water partition coefficient (Wildman–Crippen LogP) is 3.60. The summed E-state index contributed by atoms with van der Waals surface area (Å²) in [5, 5.41) is 5.57. The number of anilines is 2. The molecular formula is C20H18N4O2. The highest BCUT2D eigenvalue weighted by Crippen LogP contribution is 2.22. The molecule has 0 aliphatic heterocycles. The second-order valence-corrected chi connectivity index (χ2v) is 5.78. The molecule has 0 aliphatic carbocycles. The van der Waals surface area contributed by atoms with Crippen LogP contribution in [0.4, 0.5) is 11.4 Å². The number of aromatic nitrogens is 2. The van der Waals surface area contributed by atoms with Gasteiger partial charge in [0.2, 0.25) is 0 Å². The van der Waals surface area contributed by atoms with Gasteiger partial charge in [-0.15, -0.1) is 0 Å². The molecule has 0 saturated heterocycles. The van der Waals surface area contributed by atoms with Crippen molar-refractivity contribution in [3.63, 3.8) is 0 Å². The van der Waals surface area contributed by atoms with E-state index < -0.39 is 0 Å². The van der Waals surface area contributed by atoms with Gasteiger partial charge in [0.1, 0.15) is 11.4 Å². The van der Waals surface area contributed by atoms with Crippen LogP contribution in [0.3, 0.4) is 0 Å². The van der Waals surface area contributed by atoms with E-state index >= 15 is 0 Å². The second-order valence-electron chi connectivity index (χ2n) is 5.78. The molecule has 2 amide bonds. The van der Waals surface area contributed by atoms with Crippen molar-refractivity contribution in [2.24, 2.45) is 0 Å². The van der Waals surface area contributed by atoms with Crippen LogP contribution in [0.5, 0.6) is 0 Å². The molecule has 2 aromatic heterocycles. The maximum atomic E-state index is 12.4. The van der Waals surface area contributed by atoms with Gasteiger partial charge in [0.25, 0.3) is 11.8 Å². The van der Waals surface area contributed by atoms with E-state index in [1.807, 2.05) is 26.0 Å². The highest BCUT2D eigenvalue weighted by molar-refractivity contribution is 6.08. The average Bonchev–Trinajstić information content (AvgIpc) is 2.63. The van der Waals surface area contributed by atoms with Gasteiger partial charge in [-0.2, -0.15) is 0 Å². The molecule has 3 aromatic rings. The third-order valence-electron chi connectivity index (χ3n) is 3.67. The Morgan fingerprint density at radius 2 is 1.08 bits per heavy atom. The summed E-state index contributed by atoms with van der Waals surface area (Å²) in [6, 6.07) is 17.4. The Bertz CT molecular complexity index is 891. The topological polar surface area (TPSA) is 84.0 Å². The van der Waals surface area contributed by atoms with Crippen molar-refractivity contribution in [1.29, 1.82) is 0 Å². The Kier molecular flexibility index (Phi) is 5.03. The molecular weight excluding hydrogens is 328 g/mol. The second kappa shape index (κ2) is 7.57. The van der Waals surface area contributed by atoms with Crippen LogP contribution < -0.4 is 10.6 Å². The molecule has 3 rings (SSSR count). The summed E-state index contributed by atoms with van der Waals surface area (Å²) in [5.74, 6) is -0.687. The number of nitrogens with zero attached hydrogens (tertiary/aromatic N) is 2. The molecule has 0 aliphatic rings. The monoisotopic (exact) mass is 346 g/mol. The summed E-state index contributed by atoms with van der Waals surface area (Å²) < 4.78 is 0. The fourth-order valence-electron chi connectivity index (χ4n) is 2.41. The summed E-state index contributed by atoms with van der Waals surface area (Å²) in [7, 11) is 0. The summed E-state index contributed by atoms with van der Waals surface area (Å²) in [6.45, 7) is 3.64. The number of hydrogen-bond acceptors (Lipinski definition) is 4. The summed E-state index contributed by atoms with van der Waals surface area (Å²) in [4.78, 5) is 33.3. The number of carbonyl (C=O) groups is 2. The highest BCUT2D eigenvalue weighted by Gasteiger charge is 2.13. The Morgan fingerprint density at radius 3 is 1.46 bits per heavy atom. The van der Waals surface area contributed by atoms with Crippen molar-refractivity contribution in [2.45, 2.75) is 13.8 Å². The van der Waals surface area contributed by atoms with Crippen LogP contribution in [0.25, 0.3) is 0 Å². The zero-order valence-corrected chi connectivity index (χ0v) is 14.5. The Labute approximate surface area is 151 Å². The van der Waals surface area contributed by atoms with E-state index in [4.69, 9.17) is 0 Å². The molecule has 0 fully saturated rings. The van der Waals surface area contributed by atoms with Crippen LogP contribution in [0.2, 0.25) is 0 Å². The quantitative estimate of drug-likeness (QED) is 0.756. The van der Waals surface area contributed by atoms with Gasteiger partial charge in [0, 0.05) is 11.4 Å². The van der Waals surface area contributed by atoms with Crippen LogP contribution in [0.15, 0.2) is 60.7 Å². The molecule has 0 atom stereocenters. The van der Waals surface area contributed by atoms with Crippen molar-refractivity contribution in [3.05, 3.63) is 83.4 Å². The van der Waals surface area contributed by atoms with Gasteiger partial charge in [0.05, 0.1) is 11.4 Å². The largest absolute Gasteiger partial charge is 0.319 e. The number of hydrogen-bond donors (Lipinski definition) is 2. The molecule has 0 radical (unpaired) electrons. The zero-order valence-electron chi connectivity index (χ0n) is 14.5. The van der Waals surface area contributed by atoms with Gasteiger partial charge in [-0.25, -0.2) is 9.97 Å². The molecule has 0 unspecified atom stereocenters. The average molecular weight is 346 g/mol. The number of carbonyl (C=O) groups excluding carboxylic acids is 2. The van der Waals surface area contributed by atoms with Crippen molar-refractivity contribution in [3.8, 4) is 0 Å². The lowest BCUT2D eigenvalue weighted by atomic mass is 10.2. The maximum absolute atomic E-state index is 12.4. The Hall–Kier alpha value is -3.54. The van der Waals surface area contributed by atoms with Crippen molar-refractivity contribution in [2.75, 3.05) is 10.6 Å². The number of benzene rings is 1. The minimum Gasteiger partial charge on any atom is -0.319 e. The van der Waals surface area contributed by atoms with E-state index in [1.165, 1.54) is 0 Å². The van der Waals surface area contributed by atoms with Crippen LogP contribution in [-0.4, -0.2) is 21.8 Å². The molecule has 2 heterocycles. The van der Waals surface area contributed by atoms with Gasteiger partial charge in [0.15, 0.2) is 0 Å². The lowest BCUT2D eigenvalue weighted by molar-refractivity contribution is 0.101. The molecule has 0 saturated carbocycles. The number of pyridine rings is 2. The first-order chi connectivity index (χ1) is 12.5. The molecule has 6 nitrogen and oxygen atoms in total. The van der Waals surface area contributed by atoms with Crippen LogP contribution in [-0.2, 0) is 0 Å².